The van der Waals surface area contributed by atoms with Gasteiger partial charge in [0.05, 0.1) is 5.54 Å². The number of amides is 1. The maximum absolute atomic E-state index is 11.7. The number of halogens is 1. The zero-order valence-electron chi connectivity index (χ0n) is 9.71. The van der Waals surface area contributed by atoms with E-state index in [4.69, 9.17) is 5.73 Å². The Morgan fingerprint density at radius 1 is 1.47 bits per heavy atom. The topological polar surface area (TPSA) is 55.1 Å². The van der Waals surface area contributed by atoms with E-state index in [-0.39, 0.29) is 11.4 Å². The molecule has 0 bridgehead atoms. The smallest absolute Gasteiger partial charge is 0.220 e. The van der Waals surface area contributed by atoms with Gasteiger partial charge in [0.2, 0.25) is 5.91 Å². The molecule has 0 saturated heterocycles. The minimum atomic E-state index is -0.116. The van der Waals surface area contributed by atoms with Gasteiger partial charge in [-0.15, -0.1) is 0 Å². The van der Waals surface area contributed by atoms with Crippen LogP contribution in [0.2, 0.25) is 0 Å². The molecular weight excluding hydrogens is 280 g/mol. The third-order valence-corrected chi connectivity index (χ3v) is 3.61. The monoisotopic (exact) mass is 296 g/mol. The molecule has 0 unspecified atom stereocenters. The van der Waals surface area contributed by atoms with Crippen LogP contribution in [-0.4, -0.2) is 12.5 Å². The van der Waals surface area contributed by atoms with Crippen LogP contribution in [0.4, 0.5) is 0 Å². The summed E-state index contributed by atoms with van der Waals surface area (Å²) in [6.07, 6.45) is 3.32. The SMILES string of the molecule is NCCCC(=O)NC1(c2cccc(Br)c2)CC1. The fourth-order valence-corrected chi connectivity index (χ4v) is 2.39. The first-order valence-electron chi connectivity index (χ1n) is 5.93. The Morgan fingerprint density at radius 3 is 2.82 bits per heavy atom. The molecule has 0 radical (unpaired) electrons. The van der Waals surface area contributed by atoms with Crippen LogP contribution in [0, 0.1) is 0 Å². The molecule has 2 rings (SSSR count). The van der Waals surface area contributed by atoms with Gasteiger partial charge in [-0.05, 0) is 43.5 Å². The van der Waals surface area contributed by atoms with Crippen molar-refractivity contribution in [1.29, 1.82) is 0 Å². The van der Waals surface area contributed by atoms with Crippen LogP contribution in [0.1, 0.15) is 31.2 Å². The molecule has 1 aromatic carbocycles. The highest BCUT2D eigenvalue weighted by molar-refractivity contribution is 9.10. The Labute approximate surface area is 110 Å². The molecule has 1 aromatic rings. The summed E-state index contributed by atoms with van der Waals surface area (Å²) in [5, 5.41) is 3.13. The summed E-state index contributed by atoms with van der Waals surface area (Å²) in [6.45, 7) is 0.567. The normalized spacial score (nSPS) is 16.6. The first-order valence-corrected chi connectivity index (χ1v) is 6.73. The molecule has 1 amide bonds. The average Bonchev–Trinajstić information content (AvgIpc) is 3.07. The number of hydrogen-bond acceptors (Lipinski definition) is 2. The minimum Gasteiger partial charge on any atom is -0.347 e. The van der Waals surface area contributed by atoms with E-state index in [1.54, 1.807) is 0 Å². The van der Waals surface area contributed by atoms with Crippen molar-refractivity contribution in [3.8, 4) is 0 Å². The van der Waals surface area contributed by atoms with Crippen LogP contribution in [0.3, 0.4) is 0 Å². The molecule has 0 aliphatic heterocycles. The standard InChI is InChI=1S/C13H17BrN2O/c14-11-4-1-3-10(9-11)13(6-7-13)16-12(17)5-2-8-15/h1,3-4,9H,2,5-8,15H2,(H,16,17). The molecule has 1 saturated carbocycles. The van der Waals surface area contributed by atoms with E-state index in [2.05, 4.69) is 33.4 Å². The average molecular weight is 297 g/mol. The second-order valence-corrected chi connectivity index (χ2v) is 5.45. The lowest BCUT2D eigenvalue weighted by Gasteiger charge is -2.18. The summed E-state index contributed by atoms with van der Waals surface area (Å²) in [5.74, 6) is 0.105. The second-order valence-electron chi connectivity index (χ2n) is 4.53. The molecule has 0 heterocycles. The van der Waals surface area contributed by atoms with Crippen LogP contribution in [0.25, 0.3) is 0 Å². The summed E-state index contributed by atoms with van der Waals surface area (Å²) >= 11 is 3.46. The molecule has 0 atom stereocenters. The van der Waals surface area contributed by atoms with Crippen molar-refractivity contribution in [3.63, 3.8) is 0 Å². The van der Waals surface area contributed by atoms with E-state index in [0.717, 1.165) is 23.7 Å². The Hall–Kier alpha value is -0.870. The number of nitrogens with one attached hydrogen (secondary N) is 1. The van der Waals surface area contributed by atoms with Gasteiger partial charge in [-0.1, -0.05) is 28.1 Å². The lowest BCUT2D eigenvalue weighted by Crippen LogP contribution is -2.34. The molecule has 4 heteroatoms. The summed E-state index contributed by atoms with van der Waals surface area (Å²) in [4.78, 5) is 11.7. The van der Waals surface area contributed by atoms with Crippen molar-refractivity contribution in [3.05, 3.63) is 34.3 Å². The number of hydrogen-bond donors (Lipinski definition) is 2. The number of carbonyl (C=O) groups excluding carboxylic acids is 1. The molecule has 0 aromatic heterocycles. The Balaban J connectivity index is 2.02. The molecule has 1 fully saturated rings. The predicted octanol–water partition coefficient (Wildman–Crippen LogP) is 2.29. The predicted molar refractivity (Wildman–Crippen MR) is 71.5 cm³/mol. The lowest BCUT2D eigenvalue weighted by atomic mass is 10.0. The molecule has 17 heavy (non-hydrogen) atoms. The van der Waals surface area contributed by atoms with Crippen LogP contribution in [0.15, 0.2) is 28.7 Å². The first kappa shape index (κ1) is 12.6. The van der Waals surface area contributed by atoms with Gasteiger partial charge in [-0.3, -0.25) is 4.79 Å². The van der Waals surface area contributed by atoms with Crippen LogP contribution < -0.4 is 11.1 Å². The van der Waals surface area contributed by atoms with E-state index in [9.17, 15) is 4.79 Å². The number of benzene rings is 1. The Bertz CT molecular complexity index is 416. The fraction of sp³-hybridized carbons (Fsp3) is 0.462. The second kappa shape index (κ2) is 5.19. The van der Waals surface area contributed by atoms with Gasteiger partial charge in [-0.2, -0.15) is 0 Å². The number of carbonyl (C=O) groups is 1. The zero-order chi connectivity index (χ0) is 12.3. The van der Waals surface area contributed by atoms with Crippen molar-refractivity contribution in [2.45, 2.75) is 31.2 Å². The first-order chi connectivity index (χ1) is 8.16. The van der Waals surface area contributed by atoms with Gasteiger partial charge in [0.25, 0.3) is 0 Å². The van der Waals surface area contributed by atoms with E-state index in [1.165, 1.54) is 5.56 Å². The summed E-state index contributed by atoms with van der Waals surface area (Å²) in [5.41, 5.74) is 6.47. The van der Waals surface area contributed by atoms with Crippen molar-refractivity contribution in [2.75, 3.05) is 6.54 Å². The van der Waals surface area contributed by atoms with E-state index in [1.807, 2.05) is 12.1 Å². The van der Waals surface area contributed by atoms with Gasteiger partial charge >= 0.3 is 0 Å². The molecule has 3 nitrogen and oxygen atoms in total. The van der Waals surface area contributed by atoms with Gasteiger partial charge in [-0.25, -0.2) is 0 Å². The van der Waals surface area contributed by atoms with Gasteiger partial charge in [0.1, 0.15) is 0 Å². The van der Waals surface area contributed by atoms with E-state index >= 15 is 0 Å². The molecule has 1 aliphatic rings. The number of nitrogens with two attached hydrogens (primary N) is 1. The Kier molecular flexibility index (Phi) is 3.84. The van der Waals surface area contributed by atoms with Gasteiger partial charge in [0.15, 0.2) is 0 Å². The summed E-state index contributed by atoms with van der Waals surface area (Å²) < 4.78 is 1.05. The quantitative estimate of drug-likeness (QED) is 0.876. The highest BCUT2D eigenvalue weighted by atomic mass is 79.9. The van der Waals surface area contributed by atoms with Crippen molar-refractivity contribution in [1.82, 2.24) is 5.32 Å². The highest BCUT2D eigenvalue weighted by Crippen LogP contribution is 2.46. The van der Waals surface area contributed by atoms with E-state index in [0.29, 0.717) is 13.0 Å². The molecule has 92 valence electrons. The van der Waals surface area contributed by atoms with Crippen LogP contribution >= 0.6 is 15.9 Å². The number of rotatable bonds is 5. The fourth-order valence-electron chi connectivity index (χ4n) is 1.99. The summed E-state index contributed by atoms with van der Waals surface area (Å²) in [7, 11) is 0. The molecular formula is C13H17BrN2O. The van der Waals surface area contributed by atoms with Gasteiger partial charge < -0.3 is 11.1 Å². The molecule has 3 N–H and O–H groups in total. The Morgan fingerprint density at radius 2 is 2.24 bits per heavy atom. The molecule has 1 aliphatic carbocycles. The lowest BCUT2D eigenvalue weighted by molar-refractivity contribution is -0.122. The maximum Gasteiger partial charge on any atom is 0.220 e. The highest BCUT2D eigenvalue weighted by Gasteiger charge is 2.45. The van der Waals surface area contributed by atoms with Crippen LogP contribution in [-0.2, 0) is 10.3 Å². The van der Waals surface area contributed by atoms with Crippen molar-refractivity contribution < 1.29 is 4.79 Å². The zero-order valence-corrected chi connectivity index (χ0v) is 11.3. The largest absolute Gasteiger partial charge is 0.347 e. The van der Waals surface area contributed by atoms with E-state index < -0.39 is 0 Å². The summed E-state index contributed by atoms with van der Waals surface area (Å²) in [6, 6.07) is 8.15. The van der Waals surface area contributed by atoms with Crippen LogP contribution in [0.5, 0.6) is 0 Å². The van der Waals surface area contributed by atoms with Crippen molar-refractivity contribution >= 4 is 21.8 Å². The third kappa shape index (κ3) is 3.07. The van der Waals surface area contributed by atoms with Gasteiger partial charge in [0, 0.05) is 10.9 Å². The minimum absolute atomic E-state index is 0.105. The maximum atomic E-state index is 11.7. The molecule has 0 spiro atoms. The van der Waals surface area contributed by atoms with Crippen molar-refractivity contribution in [2.24, 2.45) is 5.73 Å². The third-order valence-electron chi connectivity index (χ3n) is 3.11.